The first-order valence-electron chi connectivity index (χ1n) is 9.60. The average Bonchev–Trinajstić information content (AvgIpc) is 3.04. The van der Waals surface area contributed by atoms with E-state index in [1.54, 1.807) is 11.1 Å². The molecule has 0 saturated heterocycles. The van der Waals surface area contributed by atoms with Crippen LogP contribution in [0.15, 0.2) is 23.0 Å². The number of amides is 1. The highest BCUT2D eigenvalue weighted by Crippen LogP contribution is 2.38. The molecule has 1 unspecified atom stereocenters. The lowest BCUT2D eigenvalue weighted by atomic mass is 10.0. The molecular formula is C20H33BrN2O4Si. The van der Waals surface area contributed by atoms with Gasteiger partial charge < -0.3 is 13.6 Å². The Morgan fingerprint density at radius 1 is 1.32 bits per heavy atom. The van der Waals surface area contributed by atoms with Gasteiger partial charge in [0.25, 0.3) is 0 Å². The van der Waals surface area contributed by atoms with Crippen LogP contribution in [0.5, 0.6) is 0 Å². The lowest BCUT2D eigenvalue weighted by Gasteiger charge is -2.41. The van der Waals surface area contributed by atoms with Crippen LogP contribution in [0.1, 0.15) is 47.4 Å². The van der Waals surface area contributed by atoms with Crippen LogP contribution in [0, 0.1) is 0 Å². The summed E-state index contributed by atoms with van der Waals surface area (Å²) in [6.07, 6.45) is 4.83. The van der Waals surface area contributed by atoms with Crippen LogP contribution in [0.4, 0.5) is 4.79 Å². The first kappa shape index (κ1) is 23.2. The van der Waals surface area contributed by atoms with Crippen molar-refractivity contribution in [1.29, 1.82) is 0 Å². The summed E-state index contributed by atoms with van der Waals surface area (Å²) in [5.41, 5.74) is 0.260. The fraction of sp³-hybridized carbons (Fsp3) is 0.700. The molecule has 0 spiro atoms. The number of halogens is 1. The van der Waals surface area contributed by atoms with E-state index < -0.39 is 13.9 Å². The van der Waals surface area contributed by atoms with Gasteiger partial charge in [0.2, 0.25) is 5.89 Å². The van der Waals surface area contributed by atoms with Gasteiger partial charge in [-0.15, -0.1) is 0 Å². The Morgan fingerprint density at radius 3 is 2.46 bits per heavy atom. The molecule has 1 aliphatic heterocycles. The zero-order valence-electron chi connectivity index (χ0n) is 18.2. The van der Waals surface area contributed by atoms with Crippen molar-refractivity contribution in [2.24, 2.45) is 0 Å². The van der Waals surface area contributed by atoms with E-state index >= 15 is 0 Å². The predicted molar refractivity (Wildman–Crippen MR) is 117 cm³/mol. The summed E-state index contributed by atoms with van der Waals surface area (Å²) in [6.45, 7) is 17.5. The minimum atomic E-state index is -2.00. The molecule has 8 heteroatoms. The predicted octanol–water partition coefficient (Wildman–Crippen LogP) is 5.46. The molecule has 28 heavy (non-hydrogen) atoms. The van der Waals surface area contributed by atoms with E-state index in [-0.39, 0.29) is 22.0 Å². The van der Waals surface area contributed by atoms with Crippen molar-refractivity contribution in [3.63, 3.8) is 0 Å². The second-order valence-electron chi connectivity index (χ2n) is 9.70. The Labute approximate surface area is 177 Å². The number of nitrogens with zero attached hydrogens (tertiary/aromatic N) is 2. The topological polar surface area (TPSA) is 64.8 Å². The molecule has 0 saturated carbocycles. The summed E-state index contributed by atoms with van der Waals surface area (Å²) < 4.78 is 17.7. The van der Waals surface area contributed by atoms with Gasteiger partial charge in [0.1, 0.15) is 11.9 Å². The van der Waals surface area contributed by atoms with Gasteiger partial charge in [-0.05, 0) is 38.9 Å². The zero-order chi connectivity index (χ0) is 21.3. The number of oxazole rings is 1. The third kappa shape index (κ3) is 5.70. The number of alkyl halides is 1. The summed E-state index contributed by atoms with van der Waals surface area (Å²) in [7, 11) is -2.00. The fourth-order valence-corrected chi connectivity index (χ4v) is 4.23. The second-order valence-corrected chi connectivity index (χ2v) is 15.7. The molecule has 1 amide bonds. The highest BCUT2D eigenvalue weighted by atomic mass is 79.9. The number of carbonyl (C=O) groups excluding carboxylic acids is 1. The van der Waals surface area contributed by atoms with E-state index in [1.165, 1.54) is 6.26 Å². The summed E-state index contributed by atoms with van der Waals surface area (Å²) in [5, 5.41) is 0.0726. The van der Waals surface area contributed by atoms with E-state index in [0.717, 1.165) is 5.57 Å². The normalized spacial score (nSPS) is 21.5. The van der Waals surface area contributed by atoms with E-state index in [2.05, 4.69) is 54.8 Å². The van der Waals surface area contributed by atoms with Crippen LogP contribution in [-0.4, -0.2) is 53.9 Å². The van der Waals surface area contributed by atoms with Gasteiger partial charge in [0.15, 0.2) is 8.32 Å². The molecule has 2 heterocycles. The number of carbonyl (C=O) groups is 1. The zero-order valence-corrected chi connectivity index (χ0v) is 20.8. The van der Waals surface area contributed by atoms with Gasteiger partial charge in [-0.25, -0.2) is 9.78 Å². The molecule has 0 fully saturated rings. The molecule has 0 radical (unpaired) electrons. The number of rotatable bonds is 4. The van der Waals surface area contributed by atoms with Crippen molar-refractivity contribution in [2.75, 3.05) is 13.2 Å². The largest absolute Gasteiger partial charge is 0.445 e. The minimum absolute atomic E-state index is 0.0222. The van der Waals surface area contributed by atoms with Crippen LogP contribution < -0.4 is 0 Å². The Hall–Kier alpha value is -1.12. The number of aromatic nitrogens is 1. The lowest BCUT2D eigenvalue weighted by Crippen LogP contribution is -2.52. The van der Waals surface area contributed by atoms with Crippen molar-refractivity contribution in [1.82, 2.24) is 9.88 Å². The average molecular weight is 473 g/mol. The molecule has 158 valence electrons. The number of hydrogen-bond acceptors (Lipinski definition) is 5. The summed E-state index contributed by atoms with van der Waals surface area (Å²) >= 11 is 3.63. The maximum absolute atomic E-state index is 13.0. The third-order valence-electron chi connectivity index (χ3n) is 5.18. The molecule has 1 aromatic heterocycles. The molecule has 6 nitrogen and oxygen atoms in total. The van der Waals surface area contributed by atoms with Crippen LogP contribution in [-0.2, 0) is 9.16 Å². The Morgan fingerprint density at radius 2 is 1.96 bits per heavy atom. The molecule has 0 aliphatic carbocycles. The molecule has 0 bridgehead atoms. The van der Waals surface area contributed by atoms with Gasteiger partial charge in [0.05, 0.1) is 23.7 Å². The smallest absolute Gasteiger partial charge is 0.410 e. The van der Waals surface area contributed by atoms with Crippen LogP contribution in [0.2, 0.25) is 18.1 Å². The van der Waals surface area contributed by atoms with Gasteiger partial charge in [-0.1, -0.05) is 42.8 Å². The quantitative estimate of drug-likeness (QED) is 0.429. The van der Waals surface area contributed by atoms with Gasteiger partial charge >= 0.3 is 6.09 Å². The molecular weight excluding hydrogens is 440 g/mol. The molecule has 1 aliphatic rings. The maximum Gasteiger partial charge on any atom is 0.410 e. The summed E-state index contributed by atoms with van der Waals surface area (Å²) in [4.78, 5) is 19.0. The van der Waals surface area contributed by atoms with Crippen LogP contribution in [0.3, 0.4) is 0 Å². The maximum atomic E-state index is 13.0. The second kappa shape index (κ2) is 8.32. The Bertz CT molecular complexity index is 705. The molecule has 2 rings (SSSR count). The standard InChI is InChI=1S/C20H33BrN2O4Si/c1-19(2,3)27-18(24)23-12-14(21)11-15(17-22-9-10-25-17)16(23)13-26-28(7,8)20(4,5)6/h9-11,14,16H,12-13H2,1-8H3/t14?,16-/m1/s1. The van der Waals surface area contributed by atoms with Gasteiger partial charge in [-0.2, -0.15) is 0 Å². The highest BCUT2D eigenvalue weighted by Gasteiger charge is 2.41. The summed E-state index contributed by atoms with van der Waals surface area (Å²) in [6, 6.07) is -0.323. The van der Waals surface area contributed by atoms with Crippen LogP contribution >= 0.6 is 15.9 Å². The van der Waals surface area contributed by atoms with E-state index in [0.29, 0.717) is 19.0 Å². The Balaban J connectivity index is 2.35. The number of ether oxygens (including phenoxy) is 1. The minimum Gasteiger partial charge on any atom is -0.445 e. The first-order valence-corrected chi connectivity index (χ1v) is 13.4. The molecule has 0 aromatic carbocycles. The monoisotopic (exact) mass is 472 g/mol. The third-order valence-corrected chi connectivity index (χ3v) is 10.2. The lowest BCUT2D eigenvalue weighted by molar-refractivity contribution is 0.0159. The van der Waals surface area contributed by atoms with Crippen molar-refractivity contribution in [3.8, 4) is 0 Å². The van der Waals surface area contributed by atoms with Crippen LogP contribution in [0.25, 0.3) is 5.57 Å². The fourth-order valence-electron chi connectivity index (χ4n) is 2.63. The van der Waals surface area contributed by atoms with E-state index in [1.807, 2.05) is 26.8 Å². The Kier molecular flexibility index (Phi) is 6.88. The van der Waals surface area contributed by atoms with E-state index in [4.69, 9.17) is 13.6 Å². The van der Waals surface area contributed by atoms with Crippen molar-refractivity contribution in [2.45, 2.75) is 76.1 Å². The highest BCUT2D eigenvalue weighted by molar-refractivity contribution is 9.09. The molecule has 2 atom stereocenters. The van der Waals surface area contributed by atoms with E-state index in [9.17, 15) is 4.79 Å². The molecule has 0 N–H and O–H groups in total. The number of hydrogen-bond donors (Lipinski definition) is 0. The van der Waals surface area contributed by atoms with Crippen molar-refractivity contribution < 1.29 is 18.4 Å². The first-order chi connectivity index (χ1) is 12.7. The van der Waals surface area contributed by atoms with Crippen molar-refractivity contribution >= 4 is 35.9 Å². The SMILES string of the molecule is CC(C)(C)OC(=O)N1CC(Br)C=C(c2ncco2)[C@H]1CO[Si](C)(C)C(C)(C)C. The summed E-state index contributed by atoms with van der Waals surface area (Å²) in [5.74, 6) is 0.501. The van der Waals surface area contributed by atoms with Gasteiger partial charge in [0, 0.05) is 12.1 Å². The molecule has 1 aromatic rings. The van der Waals surface area contributed by atoms with Gasteiger partial charge in [-0.3, -0.25) is 4.90 Å². The van der Waals surface area contributed by atoms with Crippen molar-refractivity contribution in [3.05, 3.63) is 24.4 Å².